The zero-order valence-electron chi connectivity index (χ0n) is 22.7. The van der Waals surface area contributed by atoms with E-state index in [1.54, 1.807) is 43.3 Å². The topological polar surface area (TPSA) is 86.8 Å². The maximum absolute atomic E-state index is 14.1. The van der Waals surface area contributed by atoms with Crippen molar-refractivity contribution in [1.29, 1.82) is 0 Å². The molecule has 11 heteroatoms. The first-order chi connectivity index (χ1) is 18.8. The van der Waals surface area contributed by atoms with Gasteiger partial charge in [-0.25, -0.2) is 8.42 Å². The Morgan fingerprint density at radius 1 is 0.925 bits per heavy atom. The number of anilines is 1. The number of sulfonamides is 1. The van der Waals surface area contributed by atoms with Crippen LogP contribution >= 0.6 is 34.8 Å². The molecule has 0 bridgehead atoms. The summed E-state index contributed by atoms with van der Waals surface area (Å²) in [5, 5.41) is 3.89. The van der Waals surface area contributed by atoms with E-state index in [-0.39, 0.29) is 29.8 Å². The monoisotopic (exact) mass is 623 g/mol. The van der Waals surface area contributed by atoms with Crippen LogP contribution in [-0.4, -0.2) is 43.8 Å². The molecule has 0 heterocycles. The first-order valence-corrected chi connectivity index (χ1v) is 15.3. The lowest BCUT2D eigenvalue weighted by Gasteiger charge is -2.34. The van der Waals surface area contributed by atoms with E-state index in [0.717, 1.165) is 9.87 Å². The highest BCUT2D eigenvalue weighted by Crippen LogP contribution is 2.29. The van der Waals surface area contributed by atoms with Gasteiger partial charge in [-0.1, -0.05) is 59.9 Å². The van der Waals surface area contributed by atoms with E-state index < -0.39 is 28.5 Å². The van der Waals surface area contributed by atoms with E-state index >= 15 is 0 Å². The number of nitrogens with one attached hydrogen (secondary N) is 1. The van der Waals surface area contributed by atoms with Gasteiger partial charge in [0, 0.05) is 33.2 Å². The summed E-state index contributed by atoms with van der Waals surface area (Å²) in [5.41, 5.74) is 1.57. The molecule has 0 aliphatic heterocycles. The summed E-state index contributed by atoms with van der Waals surface area (Å²) in [4.78, 5) is 28.6. The van der Waals surface area contributed by atoms with Gasteiger partial charge in [-0.3, -0.25) is 13.9 Å². The molecule has 0 aromatic heterocycles. The molecule has 1 unspecified atom stereocenters. The van der Waals surface area contributed by atoms with Crippen molar-refractivity contribution < 1.29 is 18.0 Å². The molecule has 0 saturated heterocycles. The van der Waals surface area contributed by atoms with Crippen molar-refractivity contribution in [3.63, 3.8) is 0 Å². The molecule has 3 aromatic rings. The maximum Gasteiger partial charge on any atom is 0.264 e. The van der Waals surface area contributed by atoms with Crippen LogP contribution in [0.2, 0.25) is 15.1 Å². The van der Waals surface area contributed by atoms with Crippen molar-refractivity contribution in [3.8, 4) is 0 Å². The highest BCUT2D eigenvalue weighted by molar-refractivity contribution is 7.92. The molecular weight excluding hydrogens is 593 g/mol. The second-order valence-corrected chi connectivity index (χ2v) is 12.7. The van der Waals surface area contributed by atoms with Crippen LogP contribution < -0.4 is 9.62 Å². The van der Waals surface area contributed by atoms with E-state index in [4.69, 9.17) is 34.8 Å². The lowest BCUT2D eigenvalue weighted by molar-refractivity contribution is -0.140. The molecule has 0 saturated carbocycles. The van der Waals surface area contributed by atoms with Gasteiger partial charge in [0.2, 0.25) is 11.8 Å². The number of nitrogens with zero attached hydrogens (tertiary/aromatic N) is 2. The minimum atomic E-state index is -4.20. The lowest BCUT2D eigenvalue weighted by atomic mass is 10.1. The Morgan fingerprint density at radius 2 is 1.52 bits per heavy atom. The number of hydrogen-bond acceptors (Lipinski definition) is 4. The van der Waals surface area contributed by atoms with Crippen molar-refractivity contribution >= 4 is 62.3 Å². The predicted octanol–water partition coefficient (Wildman–Crippen LogP) is 6.48. The van der Waals surface area contributed by atoms with Gasteiger partial charge in [-0.2, -0.15) is 0 Å². The smallest absolute Gasteiger partial charge is 0.264 e. The molecule has 1 N–H and O–H groups in total. The molecule has 1 atom stereocenters. The van der Waals surface area contributed by atoms with Gasteiger partial charge in [-0.05, 0) is 81.3 Å². The Kier molecular flexibility index (Phi) is 10.9. The number of carbonyl (C=O) groups is 2. The van der Waals surface area contributed by atoms with E-state index in [1.165, 1.54) is 29.2 Å². The SMILES string of the molecule is CCC(C(=O)NC(C)C)N(Cc1c(Cl)cccc1Cl)C(=O)CN(c1cccc(C)c1)S(=O)(=O)c1ccc(Cl)cc1. The third-order valence-corrected chi connectivity index (χ3v) is 8.93. The molecule has 7 nitrogen and oxygen atoms in total. The van der Waals surface area contributed by atoms with Gasteiger partial charge in [0.1, 0.15) is 12.6 Å². The molecule has 0 fully saturated rings. The molecular formula is C29H32Cl3N3O4S. The van der Waals surface area contributed by atoms with Crippen LogP contribution in [0.5, 0.6) is 0 Å². The van der Waals surface area contributed by atoms with Crippen LogP contribution in [0.3, 0.4) is 0 Å². The molecule has 3 aromatic carbocycles. The van der Waals surface area contributed by atoms with E-state index in [2.05, 4.69) is 5.32 Å². The second-order valence-electron chi connectivity index (χ2n) is 9.61. The highest BCUT2D eigenvalue weighted by atomic mass is 35.5. The Bertz CT molecular complexity index is 1440. The van der Waals surface area contributed by atoms with E-state index in [1.807, 2.05) is 26.8 Å². The second kappa shape index (κ2) is 13.7. The summed E-state index contributed by atoms with van der Waals surface area (Å²) in [6.45, 7) is 6.58. The minimum Gasteiger partial charge on any atom is -0.352 e. The fourth-order valence-electron chi connectivity index (χ4n) is 4.20. The van der Waals surface area contributed by atoms with Gasteiger partial charge in [-0.15, -0.1) is 0 Å². The average Bonchev–Trinajstić information content (AvgIpc) is 2.88. The van der Waals surface area contributed by atoms with E-state index in [0.29, 0.717) is 26.3 Å². The molecule has 214 valence electrons. The summed E-state index contributed by atoms with van der Waals surface area (Å²) in [6, 6.07) is 16.4. The normalized spacial score (nSPS) is 12.2. The Labute approximate surface area is 251 Å². The van der Waals surface area contributed by atoms with Crippen molar-refractivity contribution in [2.24, 2.45) is 0 Å². The number of hydrogen-bond donors (Lipinski definition) is 1. The molecule has 40 heavy (non-hydrogen) atoms. The molecule has 3 rings (SSSR count). The van der Waals surface area contributed by atoms with Crippen molar-refractivity contribution in [2.75, 3.05) is 10.8 Å². The molecule has 0 aliphatic rings. The third-order valence-electron chi connectivity index (χ3n) is 6.18. The van der Waals surface area contributed by atoms with Gasteiger partial charge < -0.3 is 10.2 Å². The number of amides is 2. The zero-order valence-corrected chi connectivity index (χ0v) is 25.8. The fraction of sp³-hybridized carbons (Fsp3) is 0.310. The van der Waals surface area contributed by atoms with Gasteiger partial charge in [0.25, 0.3) is 10.0 Å². The van der Waals surface area contributed by atoms with Crippen LogP contribution in [0.4, 0.5) is 5.69 Å². The number of aryl methyl sites for hydroxylation is 1. The quantitative estimate of drug-likeness (QED) is 0.265. The Morgan fingerprint density at radius 3 is 2.08 bits per heavy atom. The highest BCUT2D eigenvalue weighted by Gasteiger charge is 2.34. The molecule has 0 aliphatic carbocycles. The van der Waals surface area contributed by atoms with Gasteiger partial charge in [0.05, 0.1) is 10.6 Å². The van der Waals surface area contributed by atoms with Crippen LogP contribution in [0.15, 0.2) is 71.6 Å². The van der Waals surface area contributed by atoms with Crippen molar-refractivity contribution in [1.82, 2.24) is 10.2 Å². The minimum absolute atomic E-state index is 0.0310. The summed E-state index contributed by atoms with van der Waals surface area (Å²) in [6.07, 6.45) is 0.279. The number of rotatable bonds is 11. The zero-order chi connectivity index (χ0) is 29.6. The fourth-order valence-corrected chi connectivity index (χ4v) is 6.25. The summed E-state index contributed by atoms with van der Waals surface area (Å²) >= 11 is 18.9. The van der Waals surface area contributed by atoms with Gasteiger partial charge in [0.15, 0.2) is 0 Å². The third kappa shape index (κ3) is 7.69. The standard InChI is InChI=1S/C29H32Cl3N3O4S/c1-5-27(29(37)33-19(2)3)34(17-24-25(31)10-7-11-26(24)32)28(36)18-35(22-9-6-8-20(4)16-22)40(38,39)23-14-12-21(30)13-15-23/h6-16,19,27H,5,17-18H2,1-4H3,(H,33,37). The van der Waals surface area contributed by atoms with Crippen LogP contribution in [0, 0.1) is 6.92 Å². The van der Waals surface area contributed by atoms with Crippen LogP contribution in [-0.2, 0) is 26.2 Å². The summed E-state index contributed by atoms with van der Waals surface area (Å²) in [7, 11) is -4.20. The number of carbonyl (C=O) groups excluding carboxylic acids is 2. The number of benzene rings is 3. The van der Waals surface area contributed by atoms with E-state index in [9.17, 15) is 18.0 Å². The largest absolute Gasteiger partial charge is 0.352 e. The lowest BCUT2D eigenvalue weighted by Crippen LogP contribution is -2.53. The summed E-state index contributed by atoms with van der Waals surface area (Å²) < 4.78 is 28.8. The average molecular weight is 625 g/mol. The Hall–Kier alpha value is -2.78. The maximum atomic E-state index is 14.1. The first-order valence-electron chi connectivity index (χ1n) is 12.7. The Balaban J connectivity index is 2.11. The number of halogens is 3. The first kappa shape index (κ1) is 31.7. The molecule has 0 radical (unpaired) electrons. The predicted molar refractivity (Wildman–Crippen MR) is 162 cm³/mol. The van der Waals surface area contributed by atoms with Crippen LogP contribution in [0.25, 0.3) is 0 Å². The molecule has 2 amide bonds. The van der Waals surface area contributed by atoms with Crippen LogP contribution in [0.1, 0.15) is 38.3 Å². The molecule has 0 spiro atoms. The summed E-state index contributed by atoms with van der Waals surface area (Å²) in [5.74, 6) is -0.961. The van der Waals surface area contributed by atoms with Crippen molar-refractivity contribution in [2.45, 2.75) is 57.6 Å². The van der Waals surface area contributed by atoms with Gasteiger partial charge >= 0.3 is 0 Å². The van der Waals surface area contributed by atoms with Crippen molar-refractivity contribution in [3.05, 3.63) is 92.9 Å².